The number of phenolic OH excluding ortho intramolecular Hbond substituents is 2. The van der Waals surface area contributed by atoms with Gasteiger partial charge in [0.25, 0.3) is 0 Å². The zero-order valence-corrected chi connectivity index (χ0v) is 95.5. The van der Waals surface area contributed by atoms with Crippen molar-refractivity contribution >= 4 is 96.0 Å². The van der Waals surface area contributed by atoms with Crippen LogP contribution >= 0.6 is 0 Å². The summed E-state index contributed by atoms with van der Waals surface area (Å²) >= 11 is 0. The average molecular weight is 2640 g/mol. The molecule has 0 bridgehead atoms. The Hall–Kier alpha value is -10.9. The minimum absolute atomic E-state index is 0. The number of rotatable bonds is 22. The SMILES string of the molecule is CC#N.CC#N.CC(=O)/C=C(/C)[O-].CC(=O)/C=C(/C)[O-].CC(=O)/C=C(/C)[O-].CC(=O)/C=C(/C)[O-].CC(=O)/C=C(/C)[O-].CC(=O)/C=C(/C)[O-].Oc1ccccc1C=[NH+][C@@H]1CCCC[C@H]1[NH+]=CC1=CC=CCC1=[OH+].Oc1ccccc1C=[NH+][C@H]1CCCC[C@@H]1[NH+]=CC1=CC=CCC1=[OH+].[O-2].[O-2].[O-]c1ccccc1C=N[C@H]1CCCC[C@H]1N=Cc1ccccc1[O-].[O-]c1ccccc1C=N[C@H]1CCCC[C@H]1N=Cc1ccccc1[O-].[Tb].[Tb].[Tb].[Tb]. The van der Waals surface area contributed by atoms with E-state index in [0.717, 1.165) is 136 Å². The first-order valence-electron chi connectivity index (χ1n) is 47.3. The van der Waals surface area contributed by atoms with Crippen LogP contribution in [-0.4, -0.2) is 164 Å². The number of benzene rings is 6. The summed E-state index contributed by atoms with van der Waals surface area (Å²) in [5, 5.41) is 141. The quantitative estimate of drug-likeness (QED) is 0.0230. The van der Waals surface area contributed by atoms with E-state index in [4.69, 9.17) is 10.5 Å². The third-order valence-corrected chi connectivity index (χ3v) is 20.5. The molecule has 6 aromatic carbocycles. The maximum absolute atomic E-state index is 11.8. The average Bonchev–Trinajstić information content (AvgIpc) is 0.866. The van der Waals surface area contributed by atoms with Crippen molar-refractivity contribution < 1.29 is 285 Å². The molecule has 0 heterocycles. The van der Waals surface area contributed by atoms with Crippen molar-refractivity contribution in [1.82, 2.24) is 0 Å². The summed E-state index contributed by atoms with van der Waals surface area (Å²) in [5.41, 5.74) is 5.74. The molecular weight excluding hydrogens is 2500 g/mol. The first-order valence-corrected chi connectivity index (χ1v) is 47.3. The van der Waals surface area contributed by atoms with E-state index in [1.54, 1.807) is 122 Å². The second kappa shape index (κ2) is 90.8. The summed E-state index contributed by atoms with van der Waals surface area (Å²) < 4.78 is 0. The van der Waals surface area contributed by atoms with Gasteiger partial charge in [0.15, 0.2) is 59.6 Å². The van der Waals surface area contributed by atoms with E-state index in [0.29, 0.717) is 70.8 Å². The molecule has 32 nitrogen and oxygen atoms in total. The van der Waals surface area contributed by atoms with Crippen molar-refractivity contribution in [3.8, 4) is 46.6 Å². The summed E-state index contributed by atoms with van der Waals surface area (Å²) in [6.07, 6.45) is 51.0. The van der Waals surface area contributed by atoms with Gasteiger partial charge in [0.2, 0.25) is 24.2 Å². The van der Waals surface area contributed by atoms with Gasteiger partial charge in [0, 0.05) is 219 Å². The Labute approximate surface area is 1000 Å². The Balaban J connectivity index is -0.000000398. The van der Waals surface area contributed by atoms with Crippen LogP contribution < -0.4 is 71.0 Å². The molecular formula is C114H138N10O22Tb4-8. The molecule has 0 amide bonds. The van der Waals surface area contributed by atoms with Crippen molar-refractivity contribution in [3.63, 3.8) is 0 Å². The van der Waals surface area contributed by atoms with Gasteiger partial charge in [-0.15, -0.1) is 57.6 Å². The molecule has 6 aromatic rings. The number of nitrogens with zero attached hydrogens (tertiary/aromatic N) is 6. The van der Waals surface area contributed by atoms with E-state index in [1.807, 2.05) is 122 Å². The molecule has 0 aliphatic heterocycles. The van der Waals surface area contributed by atoms with E-state index in [2.05, 4.69) is 39.9 Å². The molecule has 4 saturated carbocycles. The summed E-state index contributed by atoms with van der Waals surface area (Å²) in [5.74, 6) is -0.923. The molecule has 0 aromatic heterocycles. The maximum atomic E-state index is 11.8. The number of para-hydroxylation sites is 6. The Bertz CT molecular complexity index is 5150. The number of aromatic hydroxyl groups is 2. The van der Waals surface area contributed by atoms with Gasteiger partial charge in [-0.25, -0.2) is 20.0 Å². The van der Waals surface area contributed by atoms with Crippen LogP contribution in [0.4, 0.5) is 0 Å². The predicted molar refractivity (Wildman–Crippen MR) is 549 cm³/mol. The first kappa shape index (κ1) is 150. The number of phenols is 2. The Morgan fingerprint density at radius 2 is 0.500 bits per heavy atom. The smallest absolute Gasteiger partial charge is 0.333 e. The topological polar surface area (TPSA) is 626 Å². The van der Waals surface area contributed by atoms with Crippen LogP contribution in [0.5, 0.6) is 34.5 Å². The van der Waals surface area contributed by atoms with Gasteiger partial charge < -0.3 is 72.2 Å². The number of ketones is 8. The Morgan fingerprint density at radius 1 is 0.320 bits per heavy atom. The maximum Gasteiger partial charge on any atom is 0.333 e. The fourth-order valence-corrected chi connectivity index (χ4v) is 14.1. The monoisotopic (exact) mass is 2630 g/mol. The number of allylic oxidation sites excluding steroid dienone is 20. The van der Waals surface area contributed by atoms with Crippen LogP contribution in [0.1, 0.15) is 246 Å². The zero-order chi connectivity index (χ0) is 108. The molecule has 150 heavy (non-hydrogen) atoms. The number of carbonyl (C=O) groups is 6. The number of nitrogens with one attached hydrogen (secondary N) is 4. The van der Waals surface area contributed by atoms with Crippen molar-refractivity contribution in [2.45, 2.75) is 261 Å². The number of aliphatic imine (C=N–C) groups is 4. The summed E-state index contributed by atoms with van der Waals surface area (Å²) in [4.78, 5) is 112. The van der Waals surface area contributed by atoms with Gasteiger partial charge in [-0.2, -0.15) is 10.5 Å². The van der Waals surface area contributed by atoms with Crippen LogP contribution in [0, 0.1) is 177 Å². The van der Waals surface area contributed by atoms with Gasteiger partial charge in [-0.1, -0.05) is 213 Å². The number of hydrogen-bond donors (Lipinski definition) is 6. The fourth-order valence-electron chi connectivity index (χ4n) is 14.1. The zero-order valence-electron chi connectivity index (χ0n) is 86.9. The normalized spacial score (nSPS) is 18.1. The predicted octanol–water partition coefficient (Wildman–Crippen LogP) is 4.80. The second-order valence-corrected chi connectivity index (χ2v) is 33.5. The van der Waals surface area contributed by atoms with Gasteiger partial charge >= 0.3 is 11.6 Å². The number of nitriles is 2. The van der Waals surface area contributed by atoms with Gasteiger partial charge in [0.1, 0.15) is 22.6 Å². The van der Waals surface area contributed by atoms with Crippen LogP contribution in [0.3, 0.4) is 0 Å². The molecule has 6 aliphatic rings. The van der Waals surface area contributed by atoms with E-state index in [-0.39, 0.29) is 293 Å². The van der Waals surface area contributed by atoms with Gasteiger partial charge in [-0.05, 0) is 188 Å². The molecule has 4 fully saturated rings. The largest absolute Gasteiger partial charge is 2.00 e. The van der Waals surface area contributed by atoms with Crippen molar-refractivity contribution in [2.75, 3.05) is 0 Å². The van der Waals surface area contributed by atoms with Crippen LogP contribution in [0.15, 0.2) is 284 Å². The van der Waals surface area contributed by atoms with Crippen LogP contribution in [0.2, 0.25) is 0 Å². The summed E-state index contributed by atoms with van der Waals surface area (Å²) in [6.45, 7) is 19.0. The molecule has 8 N–H and O–H groups in total. The first-order chi connectivity index (χ1) is 68.5. The van der Waals surface area contributed by atoms with E-state index in [1.165, 1.54) is 123 Å². The van der Waals surface area contributed by atoms with Crippen LogP contribution in [-0.2, 0) is 39.7 Å². The fraction of sp³-hybridized carbons (Fsp3) is 0.351. The standard InChI is InChI=1S/4C20H22N2O2.6C5H8O2.2C2H3N.2O.4Tb/c4*23-19-11-5-1-7-15(19)13-21-17-9-3-4-10-18(17)22-14-16-8-2-6-12-20(16)24;6*1-4(6)3-5(2)7;2*1-2-3;;;;;;/h2*1-2,5-8,11,13-14,17-18,23H,3-4,9-10,12H2;2*1-2,5-8,11-14,17-18,23-24H,3-4,9-10H2;6*3,6H,1-2H3;2*1H3;;;;;;/q;;;;;;;;;;;;2*-2;;;;/p-4/b;;;;6*4-3-;;;;;;;;/t2*17-,18-;2*17-,18+;;;;;;;;;;;;;;/m10................/s1. The van der Waals surface area contributed by atoms with Crippen molar-refractivity contribution in [1.29, 1.82) is 10.5 Å². The molecule has 36 heteroatoms. The molecule has 4 radical (unpaired) electrons. The molecule has 820 valence electrons. The van der Waals surface area contributed by atoms with E-state index < -0.39 is 0 Å². The molecule has 6 aliphatic carbocycles. The van der Waals surface area contributed by atoms with E-state index >= 15 is 0 Å². The third-order valence-electron chi connectivity index (χ3n) is 20.5. The third kappa shape index (κ3) is 74.1. The van der Waals surface area contributed by atoms with Crippen molar-refractivity contribution in [2.24, 2.45) is 20.0 Å². The Kier molecular flexibility index (Phi) is 90.6. The minimum Gasteiger partial charge on any atom is -2.00 e. The molecule has 0 saturated heterocycles. The summed E-state index contributed by atoms with van der Waals surface area (Å²) in [6, 6.07) is 47.2. The molecule has 0 unspecified atom stereocenters. The van der Waals surface area contributed by atoms with Crippen molar-refractivity contribution in [3.05, 3.63) is 298 Å². The number of hydrogen-bond acceptors (Lipinski definition) is 24. The van der Waals surface area contributed by atoms with Gasteiger partial charge in [0.05, 0.1) is 60.3 Å². The molecule has 12 rings (SSSR count). The molecule has 8 atom stereocenters. The summed E-state index contributed by atoms with van der Waals surface area (Å²) in [7, 11) is 0. The van der Waals surface area contributed by atoms with Crippen LogP contribution in [0.25, 0.3) is 0 Å². The second-order valence-electron chi connectivity index (χ2n) is 33.5. The Morgan fingerprint density at radius 3 is 0.673 bits per heavy atom. The minimum atomic E-state index is -0.187. The van der Waals surface area contributed by atoms with Gasteiger partial charge in [-0.3, -0.25) is 58.3 Å². The molecule has 0 spiro atoms. The number of carbonyl (C=O) groups excluding carboxylic acids is 8. The van der Waals surface area contributed by atoms with E-state index in [9.17, 15) is 99.6 Å².